The molecule has 1 aromatic carbocycles. The number of anilines is 1. The van der Waals surface area contributed by atoms with Crippen LogP contribution in [0.15, 0.2) is 24.3 Å². The van der Waals surface area contributed by atoms with Crippen molar-refractivity contribution in [1.29, 1.82) is 0 Å². The zero-order valence-electron chi connectivity index (χ0n) is 16.8. The highest BCUT2D eigenvalue weighted by atomic mass is 32.1. The van der Waals surface area contributed by atoms with Crippen LogP contribution in [0.25, 0.3) is 0 Å². The van der Waals surface area contributed by atoms with Crippen molar-refractivity contribution in [3.63, 3.8) is 0 Å². The number of hydrogen-bond acceptors (Lipinski definition) is 6. The van der Waals surface area contributed by atoms with E-state index in [4.69, 9.17) is 5.11 Å². The molecule has 3 atom stereocenters. The number of rotatable bonds is 10. The standard InChI is InChI=1S/C20H27N3O6S/c1-11(2)16(18(27)28)22-17(26)14(8-5-9-15(24)25)21-19(29)20(30)10-12-6-3-4-7-13(12)23-20/h3-4,6-7,11,14,16,23,30H,5,8-10H2,1-2H3,(H,21,29)(H,22,26)(H,24,25)(H,27,28)/t14-,16-,20?/m0/s1. The molecule has 1 unspecified atom stereocenters. The van der Waals surface area contributed by atoms with Gasteiger partial charge in [0.15, 0.2) is 4.87 Å². The number of amides is 2. The van der Waals surface area contributed by atoms with Crippen LogP contribution in [0.3, 0.4) is 0 Å². The lowest BCUT2D eigenvalue weighted by Gasteiger charge is -2.28. The van der Waals surface area contributed by atoms with E-state index in [1.54, 1.807) is 13.8 Å². The molecule has 1 aromatic rings. The number of aliphatic carboxylic acids is 2. The van der Waals surface area contributed by atoms with E-state index in [1.807, 2.05) is 24.3 Å². The monoisotopic (exact) mass is 437 g/mol. The maximum atomic E-state index is 12.9. The maximum absolute atomic E-state index is 12.9. The highest BCUT2D eigenvalue weighted by Gasteiger charge is 2.42. The Hall–Kier alpha value is -2.75. The molecule has 0 spiro atoms. The number of thiol groups is 1. The fourth-order valence-corrected chi connectivity index (χ4v) is 3.60. The predicted molar refractivity (Wildman–Crippen MR) is 113 cm³/mol. The molecule has 2 rings (SSSR count). The van der Waals surface area contributed by atoms with Crippen LogP contribution in [0, 0.1) is 5.92 Å². The number of carbonyl (C=O) groups is 4. The average molecular weight is 438 g/mol. The number of carbonyl (C=O) groups excluding carboxylic acids is 2. The Labute approximate surface area is 180 Å². The van der Waals surface area contributed by atoms with Crippen LogP contribution in [-0.2, 0) is 25.6 Å². The lowest BCUT2D eigenvalue weighted by atomic mass is 10.0. The van der Waals surface area contributed by atoms with Gasteiger partial charge in [-0.1, -0.05) is 32.0 Å². The van der Waals surface area contributed by atoms with Crippen molar-refractivity contribution >= 4 is 42.1 Å². The maximum Gasteiger partial charge on any atom is 0.326 e. The van der Waals surface area contributed by atoms with Gasteiger partial charge in [-0.3, -0.25) is 14.4 Å². The molecule has 30 heavy (non-hydrogen) atoms. The number of nitrogens with one attached hydrogen (secondary N) is 3. The van der Waals surface area contributed by atoms with Crippen molar-refractivity contribution in [2.75, 3.05) is 5.32 Å². The topological polar surface area (TPSA) is 145 Å². The summed E-state index contributed by atoms with van der Waals surface area (Å²) in [5.74, 6) is -3.81. The third-order valence-electron chi connectivity index (χ3n) is 4.92. The van der Waals surface area contributed by atoms with Gasteiger partial charge in [-0.15, -0.1) is 12.6 Å². The quantitative estimate of drug-likeness (QED) is 0.302. The van der Waals surface area contributed by atoms with Gasteiger partial charge in [-0.05, 0) is 30.4 Å². The first-order valence-corrected chi connectivity index (χ1v) is 10.1. The summed E-state index contributed by atoms with van der Waals surface area (Å²) in [6.45, 7) is 3.30. The highest BCUT2D eigenvalue weighted by molar-refractivity contribution is 7.83. The minimum atomic E-state index is -1.28. The second-order valence-corrected chi connectivity index (χ2v) is 8.46. The van der Waals surface area contributed by atoms with E-state index in [-0.39, 0.29) is 25.2 Å². The number of carboxylic acids is 2. The Morgan fingerprint density at radius 3 is 2.40 bits per heavy atom. The average Bonchev–Trinajstić information content (AvgIpc) is 3.01. The molecule has 10 heteroatoms. The van der Waals surface area contributed by atoms with Gasteiger partial charge in [0, 0.05) is 18.5 Å². The Kier molecular flexibility index (Phi) is 7.71. The van der Waals surface area contributed by atoms with Crippen LogP contribution < -0.4 is 16.0 Å². The second kappa shape index (κ2) is 9.84. The van der Waals surface area contributed by atoms with Crippen molar-refractivity contribution in [3.05, 3.63) is 29.8 Å². The van der Waals surface area contributed by atoms with Crippen LogP contribution in [0.5, 0.6) is 0 Å². The summed E-state index contributed by atoms with van der Waals surface area (Å²) >= 11 is 4.48. The molecule has 0 bridgehead atoms. The Morgan fingerprint density at radius 1 is 1.17 bits per heavy atom. The summed E-state index contributed by atoms with van der Waals surface area (Å²) in [6, 6.07) is 5.13. The van der Waals surface area contributed by atoms with E-state index in [0.29, 0.717) is 6.42 Å². The van der Waals surface area contributed by atoms with Gasteiger partial charge >= 0.3 is 11.9 Å². The molecule has 0 radical (unpaired) electrons. The molecule has 0 aliphatic carbocycles. The van der Waals surface area contributed by atoms with Gasteiger partial charge in [0.25, 0.3) is 5.91 Å². The predicted octanol–water partition coefficient (Wildman–Crippen LogP) is 1.25. The molecule has 0 saturated heterocycles. The molecular weight excluding hydrogens is 410 g/mol. The lowest BCUT2D eigenvalue weighted by molar-refractivity contribution is -0.143. The number of fused-ring (bicyclic) bond motifs is 1. The van der Waals surface area contributed by atoms with Crippen LogP contribution in [0.1, 0.15) is 38.7 Å². The van der Waals surface area contributed by atoms with Gasteiger partial charge in [-0.2, -0.15) is 0 Å². The fraction of sp³-hybridized carbons (Fsp3) is 0.500. The molecule has 0 fully saturated rings. The summed E-state index contributed by atoms with van der Waals surface area (Å²) < 4.78 is 0. The second-order valence-electron chi connectivity index (χ2n) is 7.70. The molecule has 1 aliphatic rings. The van der Waals surface area contributed by atoms with Crippen molar-refractivity contribution in [3.8, 4) is 0 Å². The summed E-state index contributed by atoms with van der Waals surface area (Å²) in [5, 5.41) is 26.3. The van der Waals surface area contributed by atoms with Crippen LogP contribution in [-0.4, -0.2) is 50.9 Å². The molecule has 5 N–H and O–H groups in total. The first-order chi connectivity index (χ1) is 14.0. The zero-order chi connectivity index (χ0) is 22.5. The van der Waals surface area contributed by atoms with E-state index in [2.05, 4.69) is 28.6 Å². The number of hydrogen-bond donors (Lipinski definition) is 6. The molecule has 1 aliphatic heterocycles. The van der Waals surface area contributed by atoms with E-state index >= 15 is 0 Å². The van der Waals surface area contributed by atoms with Gasteiger partial charge in [0.1, 0.15) is 12.1 Å². The number of para-hydroxylation sites is 1. The summed E-state index contributed by atoms with van der Waals surface area (Å²) in [6.07, 6.45) is 0.304. The minimum absolute atomic E-state index is 0.0467. The fourth-order valence-electron chi connectivity index (χ4n) is 3.25. The van der Waals surface area contributed by atoms with Crippen molar-refractivity contribution in [2.24, 2.45) is 5.92 Å². The summed E-state index contributed by atoms with van der Waals surface area (Å²) in [7, 11) is 0. The SMILES string of the molecule is CC(C)[C@H](NC(=O)[C@H](CCCC(=O)O)NC(=O)C1(S)Cc2ccccc2N1)C(=O)O. The van der Waals surface area contributed by atoms with Gasteiger partial charge in [0.2, 0.25) is 5.91 Å². The van der Waals surface area contributed by atoms with Crippen LogP contribution in [0.2, 0.25) is 0 Å². The van der Waals surface area contributed by atoms with E-state index in [0.717, 1.165) is 11.3 Å². The normalized spacial score (nSPS) is 19.3. The van der Waals surface area contributed by atoms with Gasteiger partial charge < -0.3 is 26.2 Å². The third kappa shape index (κ3) is 5.88. The van der Waals surface area contributed by atoms with Crippen LogP contribution >= 0.6 is 12.6 Å². The van der Waals surface area contributed by atoms with Crippen LogP contribution in [0.4, 0.5) is 5.69 Å². The van der Waals surface area contributed by atoms with E-state index < -0.39 is 40.7 Å². The van der Waals surface area contributed by atoms with Crippen molar-refractivity contribution in [1.82, 2.24) is 10.6 Å². The summed E-state index contributed by atoms with van der Waals surface area (Å²) in [5.41, 5.74) is 1.67. The van der Waals surface area contributed by atoms with E-state index in [9.17, 15) is 24.3 Å². The third-order valence-corrected chi connectivity index (χ3v) is 5.39. The van der Waals surface area contributed by atoms with Crippen molar-refractivity contribution in [2.45, 2.75) is 56.5 Å². The molecular formula is C20H27N3O6S. The minimum Gasteiger partial charge on any atom is -0.481 e. The molecule has 0 saturated carbocycles. The number of benzene rings is 1. The highest BCUT2D eigenvalue weighted by Crippen LogP contribution is 2.35. The first kappa shape index (κ1) is 23.5. The Balaban J connectivity index is 2.12. The largest absolute Gasteiger partial charge is 0.481 e. The van der Waals surface area contributed by atoms with Gasteiger partial charge in [-0.25, -0.2) is 4.79 Å². The van der Waals surface area contributed by atoms with E-state index in [1.165, 1.54) is 0 Å². The number of carboxylic acid groups (broad SMARTS) is 2. The zero-order valence-corrected chi connectivity index (χ0v) is 17.7. The molecule has 0 aromatic heterocycles. The smallest absolute Gasteiger partial charge is 0.326 e. The Bertz CT molecular complexity index is 804. The molecule has 164 valence electrons. The molecule has 1 heterocycles. The molecule has 2 amide bonds. The van der Waals surface area contributed by atoms with Crippen molar-refractivity contribution < 1.29 is 29.4 Å². The summed E-state index contributed by atoms with van der Waals surface area (Å²) in [4.78, 5) is 46.6. The Morgan fingerprint density at radius 2 is 1.83 bits per heavy atom. The molecule has 9 nitrogen and oxygen atoms in total. The van der Waals surface area contributed by atoms with Gasteiger partial charge in [0.05, 0.1) is 0 Å². The first-order valence-electron chi connectivity index (χ1n) is 9.68. The lowest BCUT2D eigenvalue weighted by Crippen LogP contribution is -2.57.